The number of nitrogens with two attached hydrogens (primary N) is 1. The van der Waals surface area contributed by atoms with E-state index in [1.54, 1.807) is 0 Å². The number of rotatable bonds is 2. The number of carbonyl (C=O) groups is 1. The van der Waals surface area contributed by atoms with Crippen LogP contribution in [-0.2, 0) is 11.2 Å². The smallest absolute Gasteiger partial charge is 0.227 e. The maximum Gasteiger partial charge on any atom is 0.227 e. The van der Waals surface area contributed by atoms with Crippen molar-refractivity contribution in [2.24, 2.45) is 5.73 Å². The Hall–Kier alpha value is -0.580. The molecular formula is C13H16BrClN2O. The van der Waals surface area contributed by atoms with E-state index in [4.69, 9.17) is 17.3 Å². The molecule has 0 bridgehead atoms. The van der Waals surface area contributed by atoms with Crippen LogP contribution in [0.3, 0.4) is 0 Å². The molecule has 0 aromatic heterocycles. The van der Waals surface area contributed by atoms with Gasteiger partial charge in [-0.05, 0) is 46.5 Å². The highest BCUT2D eigenvalue weighted by Crippen LogP contribution is 2.23. The van der Waals surface area contributed by atoms with E-state index in [1.165, 1.54) is 0 Å². The first-order valence-electron chi connectivity index (χ1n) is 6.03. The van der Waals surface area contributed by atoms with Crippen LogP contribution in [0.2, 0.25) is 5.02 Å². The fourth-order valence-electron chi connectivity index (χ4n) is 2.17. The van der Waals surface area contributed by atoms with Crippen LogP contribution in [0.1, 0.15) is 18.4 Å². The first kappa shape index (κ1) is 13.8. The second-order valence-corrected chi connectivity index (χ2v) is 5.93. The third kappa shape index (κ3) is 3.46. The molecule has 18 heavy (non-hydrogen) atoms. The summed E-state index contributed by atoms with van der Waals surface area (Å²) >= 11 is 9.35. The van der Waals surface area contributed by atoms with Crippen molar-refractivity contribution in [2.75, 3.05) is 13.1 Å². The minimum absolute atomic E-state index is 0.121. The fourth-order valence-corrected chi connectivity index (χ4v) is 2.62. The molecule has 1 aliphatic rings. The Labute approximate surface area is 120 Å². The van der Waals surface area contributed by atoms with Gasteiger partial charge < -0.3 is 10.6 Å². The summed E-state index contributed by atoms with van der Waals surface area (Å²) in [6.07, 6.45) is 2.39. The van der Waals surface area contributed by atoms with Crippen molar-refractivity contribution in [3.8, 4) is 0 Å². The zero-order chi connectivity index (χ0) is 13.1. The molecule has 98 valence electrons. The molecule has 0 saturated carbocycles. The van der Waals surface area contributed by atoms with Crippen LogP contribution in [0.4, 0.5) is 0 Å². The number of piperidine rings is 1. The topological polar surface area (TPSA) is 46.3 Å². The van der Waals surface area contributed by atoms with Gasteiger partial charge in [0.15, 0.2) is 0 Å². The molecule has 1 unspecified atom stereocenters. The zero-order valence-electron chi connectivity index (χ0n) is 10.0. The summed E-state index contributed by atoms with van der Waals surface area (Å²) in [6.45, 7) is 1.49. The Morgan fingerprint density at radius 3 is 3.00 bits per heavy atom. The van der Waals surface area contributed by atoms with Gasteiger partial charge in [-0.15, -0.1) is 0 Å². The molecule has 1 aromatic carbocycles. The lowest BCUT2D eigenvalue weighted by Crippen LogP contribution is -2.46. The quantitative estimate of drug-likeness (QED) is 0.905. The SMILES string of the molecule is NC1CCCN(C(=O)Cc2ccc(Br)c(Cl)c2)C1. The molecule has 1 fully saturated rings. The molecule has 0 spiro atoms. The number of hydrogen-bond acceptors (Lipinski definition) is 2. The van der Waals surface area contributed by atoms with Gasteiger partial charge in [0.1, 0.15) is 0 Å². The maximum atomic E-state index is 12.1. The van der Waals surface area contributed by atoms with Gasteiger partial charge in [-0.3, -0.25) is 4.79 Å². The molecule has 0 radical (unpaired) electrons. The first-order chi connectivity index (χ1) is 8.56. The summed E-state index contributed by atoms with van der Waals surface area (Å²) in [6, 6.07) is 5.73. The Bertz CT molecular complexity index is 453. The summed E-state index contributed by atoms with van der Waals surface area (Å²) in [5.74, 6) is 0.128. The standard InChI is InChI=1S/C13H16BrClN2O/c14-11-4-3-9(6-12(11)15)7-13(18)17-5-1-2-10(16)8-17/h3-4,6,10H,1-2,5,7-8,16H2. The lowest BCUT2D eigenvalue weighted by Gasteiger charge is -2.30. The van der Waals surface area contributed by atoms with E-state index in [9.17, 15) is 4.79 Å². The fraction of sp³-hybridized carbons (Fsp3) is 0.462. The van der Waals surface area contributed by atoms with Crippen molar-refractivity contribution in [3.63, 3.8) is 0 Å². The van der Waals surface area contributed by atoms with Gasteiger partial charge in [0.2, 0.25) is 5.91 Å². The van der Waals surface area contributed by atoms with E-state index >= 15 is 0 Å². The predicted octanol–water partition coefficient (Wildman–Crippen LogP) is 2.59. The Kier molecular flexibility index (Phi) is 4.65. The molecule has 1 atom stereocenters. The van der Waals surface area contributed by atoms with Gasteiger partial charge >= 0.3 is 0 Å². The predicted molar refractivity (Wildman–Crippen MR) is 76.6 cm³/mol. The van der Waals surface area contributed by atoms with Crippen molar-refractivity contribution >= 4 is 33.4 Å². The van der Waals surface area contributed by atoms with E-state index in [0.29, 0.717) is 18.0 Å². The van der Waals surface area contributed by atoms with Crippen molar-refractivity contribution in [1.29, 1.82) is 0 Å². The maximum absolute atomic E-state index is 12.1. The van der Waals surface area contributed by atoms with Crippen LogP contribution >= 0.6 is 27.5 Å². The average molecular weight is 332 g/mol. The van der Waals surface area contributed by atoms with E-state index in [2.05, 4.69) is 15.9 Å². The number of benzene rings is 1. The van der Waals surface area contributed by atoms with Gasteiger partial charge in [0, 0.05) is 23.6 Å². The molecule has 0 aliphatic carbocycles. The molecular weight excluding hydrogens is 316 g/mol. The average Bonchev–Trinajstić information content (AvgIpc) is 2.34. The first-order valence-corrected chi connectivity index (χ1v) is 7.20. The third-order valence-corrected chi connectivity index (χ3v) is 4.38. The molecule has 2 N–H and O–H groups in total. The van der Waals surface area contributed by atoms with Crippen molar-refractivity contribution in [1.82, 2.24) is 4.90 Å². The van der Waals surface area contributed by atoms with Gasteiger partial charge in [-0.25, -0.2) is 0 Å². The van der Waals surface area contributed by atoms with E-state index in [1.807, 2.05) is 23.1 Å². The van der Waals surface area contributed by atoms with Crippen LogP contribution in [0.5, 0.6) is 0 Å². The summed E-state index contributed by atoms with van der Waals surface area (Å²) in [5, 5.41) is 0.635. The summed E-state index contributed by atoms with van der Waals surface area (Å²) in [5.41, 5.74) is 6.82. The van der Waals surface area contributed by atoms with Crippen molar-refractivity contribution < 1.29 is 4.79 Å². The monoisotopic (exact) mass is 330 g/mol. The molecule has 1 amide bonds. The van der Waals surface area contributed by atoms with Crippen LogP contribution < -0.4 is 5.73 Å². The molecule has 1 aromatic rings. The third-order valence-electron chi connectivity index (χ3n) is 3.15. The van der Waals surface area contributed by atoms with Gasteiger partial charge in [-0.2, -0.15) is 0 Å². The molecule has 2 rings (SSSR count). The lowest BCUT2D eigenvalue weighted by atomic mass is 10.1. The molecule has 1 heterocycles. The normalized spacial score (nSPS) is 19.9. The van der Waals surface area contributed by atoms with Crippen molar-refractivity contribution in [3.05, 3.63) is 33.3 Å². The number of nitrogens with zero attached hydrogens (tertiary/aromatic N) is 1. The van der Waals surface area contributed by atoms with Crippen LogP contribution in [0.15, 0.2) is 22.7 Å². The highest BCUT2D eigenvalue weighted by atomic mass is 79.9. The number of hydrogen-bond donors (Lipinski definition) is 1. The number of amides is 1. The van der Waals surface area contributed by atoms with Gasteiger partial charge in [0.25, 0.3) is 0 Å². The van der Waals surface area contributed by atoms with Crippen LogP contribution in [-0.4, -0.2) is 29.9 Å². The highest BCUT2D eigenvalue weighted by molar-refractivity contribution is 9.10. The second kappa shape index (κ2) is 6.04. The van der Waals surface area contributed by atoms with E-state index in [-0.39, 0.29) is 11.9 Å². The summed E-state index contributed by atoms with van der Waals surface area (Å²) in [4.78, 5) is 14.0. The molecule has 5 heteroatoms. The lowest BCUT2D eigenvalue weighted by molar-refractivity contribution is -0.131. The summed E-state index contributed by atoms with van der Waals surface area (Å²) < 4.78 is 0.848. The Morgan fingerprint density at radius 1 is 1.56 bits per heavy atom. The van der Waals surface area contributed by atoms with E-state index < -0.39 is 0 Å². The largest absolute Gasteiger partial charge is 0.341 e. The van der Waals surface area contributed by atoms with Gasteiger partial charge in [-0.1, -0.05) is 17.7 Å². The number of likely N-dealkylation sites (tertiary alicyclic amines) is 1. The van der Waals surface area contributed by atoms with Crippen LogP contribution in [0, 0.1) is 0 Å². The zero-order valence-corrected chi connectivity index (χ0v) is 12.4. The Balaban J connectivity index is 2.00. The Morgan fingerprint density at radius 2 is 2.33 bits per heavy atom. The van der Waals surface area contributed by atoms with Gasteiger partial charge in [0.05, 0.1) is 11.4 Å². The minimum atomic E-state index is 0.121. The molecule has 1 aliphatic heterocycles. The van der Waals surface area contributed by atoms with Crippen molar-refractivity contribution in [2.45, 2.75) is 25.3 Å². The molecule has 1 saturated heterocycles. The number of carbonyl (C=O) groups excluding carboxylic acids is 1. The summed E-state index contributed by atoms with van der Waals surface area (Å²) in [7, 11) is 0. The highest BCUT2D eigenvalue weighted by Gasteiger charge is 2.21. The van der Waals surface area contributed by atoms with E-state index in [0.717, 1.165) is 29.4 Å². The minimum Gasteiger partial charge on any atom is -0.341 e. The number of halogens is 2. The van der Waals surface area contributed by atoms with Crippen LogP contribution in [0.25, 0.3) is 0 Å². The molecule has 3 nitrogen and oxygen atoms in total. The second-order valence-electron chi connectivity index (χ2n) is 4.67.